The molecule has 1 fully saturated rings. The van der Waals surface area contributed by atoms with Crippen LogP contribution in [-0.4, -0.2) is 61.0 Å². The molecule has 178 valence electrons. The maximum atomic E-state index is 12.4. The van der Waals surface area contributed by atoms with Gasteiger partial charge < -0.3 is 20.6 Å². The highest BCUT2D eigenvalue weighted by molar-refractivity contribution is 6.45. The van der Waals surface area contributed by atoms with E-state index in [0.717, 1.165) is 48.3 Å². The van der Waals surface area contributed by atoms with Gasteiger partial charge in [0.1, 0.15) is 11.4 Å². The van der Waals surface area contributed by atoms with Gasteiger partial charge in [-0.1, -0.05) is 6.92 Å². The number of aromatic nitrogens is 4. The number of carbonyl (C=O) groups excluding carboxylic acids is 2. The Bertz CT molecular complexity index is 1280. The summed E-state index contributed by atoms with van der Waals surface area (Å²) >= 11 is 0. The summed E-state index contributed by atoms with van der Waals surface area (Å²) in [6.07, 6.45) is 5.35. The van der Waals surface area contributed by atoms with Crippen molar-refractivity contribution in [3.05, 3.63) is 30.2 Å². The first-order chi connectivity index (χ1) is 16.1. The molecule has 10 heteroatoms. The number of aromatic amines is 1. The van der Waals surface area contributed by atoms with Crippen molar-refractivity contribution in [2.75, 3.05) is 18.4 Å². The first kappa shape index (κ1) is 23.3. The van der Waals surface area contributed by atoms with Crippen LogP contribution in [0, 0.1) is 23.7 Å². The summed E-state index contributed by atoms with van der Waals surface area (Å²) in [5, 5.41) is 23.9. The van der Waals surface area contributed by atoms with E-state index in [-0.39, 0.29) is 23.4 Å². The summed E-state index contributed by atoms with van der Waals surface area (Å²) in [6.45, 7) is 8.32. The average molecular weight is 463 g/mol. The fourth-order valence-corrected chi connectivity index (χ4v) is 4.22. The molecule has 0 spiro atoms. The highest BCUT2D eigenvalue weighted by Gasteiger charge is 2.24. The number of nitrogens with zero attached hydrogens (tertiary/aromatic N) is 4. The maximum absolute atomic E-state index is 12.4. The fraction of sp³-hybridized carbons (Fsp3) is 0.417. The molecule has 4 heterocycles. The van der Waals surface area contributed by atoms with Crippen molar-refractivity contribution in [2.24, 2.45) is 5.92 Å². The van der Waals surface area contributed by atoms with Gasteiger partial charge in [0.15, 0.2) is 0 Å². The summed E-state index contributed by atoms with van der Waals surface area (Å²) in [7, 11) is 0. The summed E-state index contributed by atoms with van der Waals surface area (Å²) in [5.41, 5.74) is 4.06. The molecule has 4 rings (SSSR count). The van der Waals surface area contributed by atoms with Crippen LogP contribution in [-0.2, 0) is 9.59 Å². The molecule has 10 nitrogen and oxygen atoms in total. The minimum Gasteiger partial charge on any atom is -0.343 e. The van der Waals surface area contributed by atoms with Crippen LogP contribution >= 0.6 is 0 Å². The molecule has 2 amide bonds. The van der Waals surface area contributed by atoms with E-state index in [1.54, 1.807) is 27.0 Å². The molecule has 0 aromatic carbocycles. The number of anilines is 1. The first-order valence-corrected chi connectivity index (χ1v) is 11.4. The molecule has 1 aliphatic heterocycles. The van der Waals surface area contributed by atoms with E-state index in [0.29, 0.717) is 11.3 Å². The van der Waals surface area contributed by atoms with Crippen LogP contribution in [0.5, 0.6) is 0 Å². The van der Waals surface area contributed by atoms with Crippen LogP contribution in [0.1, 0.15) is 45.3 Å². The number of rotatable bonds is 6. The Labute approximate surface area is 197 Å². The second-order valence-electron chi connectivity index (χ2n) is 8.96. The summed E-state index contributed by atoms with van der Waals surface area (Å²) in [6, 6.07) is 4.04. The number of aryl methyl sites for hydroxylation is 1. The molecule has 4 N–H and O–H groups in total. The predicted octanol–water partition coefficient (Wildman–Crippen LogP) is 3.55. The van der Waals surface area contributed by atoms with Gasteiger partial charge in [-0.15, -0.1) is 0 Å². The number of H-pyrrole nitrogens is 1. The largest absolute Gasteiger partial charge is 0.343 e. The second-order valence-corrected chi connectivity index (χ2v) is 8.96. The summed E-state index contributed by atoms with van der Waals surface area (Å²) in [4.78, 5) is 33.6. The number of carbonyl (C=O) groups is 2. The smallest absolute Gasteiger partial charge is 0.270 e. The SMILES string of the molecule is CC(=N)C(C)C(=N)C(=O)Nc1cnc2[nH]c(-c3cn(C4CCN(C(C)=O)CC4)nc3C)cc2c1. The lowest BCUT2D eigenvalue weighted by Gasteiger charge is -2.31. The number of amides is 2. The lowest BCUT2D eigenvalue weighted by Crippen LogP contribution is -2.37. The lowest BCUT2D eigenvalue weighted by atomic mass is 10.0. The van der Waals surface area contributed by atoms with E-state index >= 15 is 0 Å². The van der Waals surface area contributed by atoms with Crippen molar-refractivity contribution in [1.82, 2.24) is 24.6 Å². The van der Waals surface area contributed by atoms with Crippen molar-refractivity contribution in [2.45, 2.75) is 46.6 Å². The van der Waals surface area contributed by atoms with Gasteiger partial charge in [0, 0.05) is 48.8 Å². The number of hydrogen-bond donors (Lipinski definition) is 4. The molecule has 0 radical (unpaired) electrons. The van der Waals surface area contributed by atoms with Crippen LogP contribution in [0.3, 0.4) is 0 Å². The van der Waals surface area contributed by atoms with Gasteiger partial charge in [0.05, 0.1) is 29.3 Å². The molecule has 34 heavy (non-hydrogen) atoms. The Morgan fingerprint density at radius 3 is 2.56 bits per heavy atom. The van der Waals surface area contributed by atoms with Crippen molar-refractivity contribution >= 4 is 40.0 Å². The van der Waals surface area contributed by atoms with Crippen LogP contribution in [0.25, 0.3) is 22.3 Å². The molecule has 0 saturated carbocycles. The Balaban J connectivity index is 1.51. The predicted molar refractivity (Wildman–Crippen MR) is 131 cm³/mol. The number of nitrogens with one attached hydrogen (secondary N) is 4. The summed E-state index contributed by atoms with van der Waals surface area (Å²) < 4.78 is 2.00. The fourth-order valence-electron chi connectivity index (χ4n) is 4.22. The standard InChI is InChI=1S/C24H30N8O2/c1-13(14(2)25)22(26)24(34)28-18-9-17-10-21(29-23(17)27-11-18)20-12-32(30-15(20)3)19-5-7-31(8-6-19)16(4)33/h9-13,19,25-26H,5-8H2,1-4H3,(H,27,29)(H,28,34). The third-order valence-corrected chi connectivity index (χ3v) is 6.55. The molecule has 0 bridgehead atoms. The van der Waals surface area contributed by atoms with E-state index in [9.17, 15) is 9.59 Å². The number of pyridine rings is 1. The maximum Gasteiger partial charge on any atom is 0.270 e. The minimum atomic E-state index is -0.538. The molecule has 3 aromatic rings. The molecule has 1 saturated heterocycles. The Morgan fingerprint density at radius 1 is 1.21 bits per heavy atom. The number of likely N-dealkylation sites (tertiary alicyclic amines) is 1. The van der Waals surface area contributed by atoms with E-state index in [1.165, 1.54) is 0 Å². The van der Waals surface area contributed by atoms with Gasteiger partial charge in [-0.2, -0.15) is 5.10 Å². The zero-order valence-electron chi connectivity index (χ0n) is 19.9. The topological polar surface area (TPSA) is 144 Å². The highest BCUT2D eigenvalue weighted by Crippen LogP contribution is 2.30. The van der Waals surface area contributed by atoms with Crippen LogP contribution < -0.4 is 5.32 Å². The van der Waals surface area contributed by atoms with E-state index < -0.39 is 11.8 Å². The van der Waals surface area contributed by atoms with Crippen LogP contribution in [0.2, 0.25) is 0 Å². The molecule has 0 aliphatic carbocycles. The van der Waals surface area contributed by atoms with Crippen molar-refractivity contribution in [1.29, 1.82) is 10.8 Å². The van der Waals surface area contributed by atoms with Gasteiger partial charge in [-0.25, -0.2) is 4.98 Å². The monoisotopic (exact) mass is 462 g/mol. The third-order valence-electron chi connectivity index (χ3n) is 6.55. The third kappa shape index (κ3) is 4.61. The molecule has 1 atom stereocenters. The number of piperidine rings is 1. The quantitative estimate of drug-likeness (QED) is 0.415. The normalized spacial score (nSPS) is 15.4. The van der Waals surface area contributed by atoms with Gasteiger partial charge >= 0.3 is 0 Å². The first-order valence-electron chi connectivity index (χ1n) is 11.4. The van der Waals surface area contributed by atoms with Crippen LogP contribution in [0.4, 0.5) is 5.69 Å². The Hall–Kier alpha value is -3.82. The minimum absolute atomic E-state index is 0.119. The van der Waals surface area contributed by atoms with Crippen molar-refractivity contribution < 1.29 is 9.59 Å². The average Bonchev–Trinajstić information content (AvgIpc) is 3.40. The van der Waals surface area contributed by atoms with Crippen molar-refractivity contribution in [3.8, 4) is 11.3 Å². The summed E-state index contributed by atoms with van der Waals surface area (Å²) in [5.74, 6) is -0.957. The van der Waals surface area contributed by atoms with Crippen molar-refractivity contribution in [3.63, 3.8) is 0 Å². The van der Waals surface area contributed by atoms with Gasteiger partial charge in [-0.3, -0.25) is 19.7 Å². The zero-order valence-corrected chi connectivity index (χ0v) is 19.9. The Kier molecular flexibility index (Phi) is 6.32. The number of fused-ring (bicyclic) bond motifs is 1. The number of hydrogen-bond acceptors (Lipinski definition) is 6. The van der Waals surface area contributed by atoms with Crippen LogP contribution in [0.15, 0.2) is 24.5 Å². The van der Waals surface area contributed by atoms with Gasteiger partial charge in [0.25, 0.3) is 5.91 Å². The molecular formula is C24H30N8O2. The van der Waals surface area contributed by atoms with Gasteiger partial charge in [0.2, 0.25) is 5.91 Å². The van der Waals surface area contributed by atoms with E-state index in [4.69, 9.17) is 15.9 Å². The Morgan fingerprint density at radius 2 is 1.91 bits per heavy atom. The second kappa shape index (κ2) is 9.20. The molecule has 3 aromatic heterocycles. The van der Waals surface area contributed by atoms with E-state index in [2.05, 4.69) is 15.3 Å². The molecular weight excluding hydrogens is 432 g/mol. The highest BCUT2D eigenvalue weighted by atomic mass is 16.2. The van der Waals surface area contributed by atoms with E-state index in [1.807, 2.05) is 34.8 Å². The molecule has 1 aliphatic rings. The zero-order chi connectivity index (χ0) is 24.6. The van der Waals surface area contributed by atoms with Gasteiger partial charge in [-0.05, 0) is 38.8 Å². The molecule has 1 unspecified atom stereocenters. The lowest BCUT2D eigenvalue weighted by molar-refractivity contribution is -0.130.